The quantitative estimate of drug-likeness (QED) is 0.0610. The molecule has 0 aliphatic carbocycles. The maximum absolute atomic E-state index is 13.9. The molecule has 0 bridgehead atoms. The molecule has 0 aliphatic rings. The Bertz CT molecular complexity index is 794. The van der Waals surface area contributed by atoms with Crippen LogP contribution >= 0.6 is 0 Å². The summed E-state index contributed by atoms with van der Waals surface area (Å²) < 4.78 is 0. The number of hydrogen-bond donors (Lipinski definition) is 5. The predicted molar refractivity (Wildman–Crippen MR) is 174 cm³/mol. The first-order valence-electron chi connectivity index (χ1n) is 17.1. The second kappa shape index (κ2) is 24.4. The van der Waals surface area contributed by atoms with Gasteiger partial charge in [0.2, 0.25) is 17.4 Å². The predicted octanol–water partition coefficient (Wildman–Crippen LogP) is 4.78. The second-order valence-corrected chi connectivity index (χ2v) is 12.5. The number of carboxylic acid groups (broad SMARTS) is 1. The van der Waals surface area contributed by atoms with Gasteiger partial charge in [0.15, 0.2) is 5.78 Å². The van der Waals surface area contributed by atoms with E-state index in [4.69, 9.17) is 22.9 Å². The molecule has 0 aromatic rings. The molecule has 0 fully saturated rings. The fourth-order valence-electron chi connectivity index (χ4n) is 5.45. The Kier molecular flexibility index (Phi) is 23.4. The molecule has 0 spiro atoms. The number of carboxylic acids is 1. The van der Waals surface area contributed by atoms with Crippen molar-refractivity contribution in [1.29, 1.82) is 0 Å². The number of aliphatic carboxylic acids is 1. The third kappa shape index (κ3) is 15.1. The van der Waals surface area contributed by atoms with Crippen molar-refractivity contribution in [3.8, 4) is 0 Å². The summed E-state index contributed by atoms with van der Waals surface area (Å²) in [5.74, 6) is -4.35. The molecule has 9 N–H and O–H groups in total. The standard InChI is InChI=1S/C33H65N5O5/c1-4-5-6-7-8-9-10-11-12-13-14-15-16-22-28(39)33(32(42)43,23-18-20-25-35)38(31(41)29(37)26(2)3)30(40)27(36)21-17-19-24-34/h26-27,29H,4-25,34-37H2,1-3H3,(H,42,43). The normalized spacial score (nSPS) is 14.3. The number of rotatable bonds is 28. The number of unbranched alkanes of at least 4 members (excludes halogenated alkanes) is 14. The average molecular weight is 612 g/mol. The van der Waals surface area contributed by atoms with Gasteiger partial charge in [-0.3, -0.25) is 19.3 Å². The molecule has 0 saturated carbocycles. The number of nitrogens with zero attached hydrogens (tertiary/aromatic N) is 1. The average Bonchev–Trinajstić information content (AvgIpc) is 2.97. The van der Waals surface area contributed by atoms with Crippen molar-refractivity contribution < 1.29 is 24.3 Å². The lowest BCUT2D eigenvalue weighted by Gasteiger charge is -2.41. The summed E-state index contributed by atoms with van der Waals surface area (Å²) in [7, 11) is 0. The van der Waals surface area contributed by atoms with Crippen LogP contribution in [0.5, 0.6) is 0 Å². The minimum atomic E-state index is -2.38. The highest BCUT2D eigenvalue weighted by Crippen LogP contribution is 2.30. The maximum Gasteiger partial charge on any atom is 0.337 e. The van der Waals surface area contributed by atoms with Crippen molar-refractivity contribution in [3.63, 3.8) is 0 Å². The number of carbonyl (C=O) groups is 4. The zero-order valence-electron chi connectivity index (χ0n) is 27.6. The molecule has 0 rings (SSSR count). The molecule has 10 heteroatoms. The Hall–Kier alpha value is -1.88. The summed E-state index contributed by atoms with van der Waals surface area (Å²) in [5, 5.41) is 10.6. The van der Waals surface area contributed by atoms with Crippen molar-refractivity contribution in [2.45, 2.75) is 167 Å². The van der Waals surface area contributed by atoms with Crippen LogP contribution in [-0.2, 0) is 19.2 Å². The van der Waals surface area contributed by atoms with Crippen LogP contribution in [0.4, 0.5) is 0 Å². The van der Waals surface area contributed by atoms with E-state index in [0.717, 1.165) is 25.7 Å². The van der Waals surface area contributed by atoms with Gasteiger partial charge in [-0.1, -0.05) is 104 Å². The highest BCUT2D eigenvalue weighted by molar-refractivity contribution is 6.16. The van der Waals surface area contributed by atoms with Gasteiger partial charge in [0, 0.05) is 6.42 Å². The SMILES string of the molecule is CCCCCCCCCCCCCCCC(=O)C(CCCCN)(C(=O)O)N(C(=O)C(N)CCCCN)C(=O)C(N)C(C)C. The van der Waals surface area contributed by atoms with E-state index in [0.29, 0.717) is 37.1 Å². The Morgan fingerprint density at radius 2 is 1.14 bits per heavy atom. The number of carbonyl (C=O) groups excluding carboxylic acids is 3. The summed E-state index contributed by atoms with van der Waals surface area (Å²) >= 11 is 0. The van der Waals surface area contributed by atoms with Crippen LogP contribution in [0.1, 0.15) is 149 Å². The lowest BCUT2D eigenvalue weighted by Crippen LogP contribution is -2.69. The summed E-state index contributed by atoms with van der Waals surface area (Å²) in [6.45, 7) is 6.34. The Labute approximate surface area is 261 Å². The molecule has 0 saturated heterocycles. The third-order valence-electron chi connectivity index (χ3n) is 8.43. The highest BCUT2D eigenvalue weighted by Gasteiger charge is 2.56. The maximum atomic E-state index is 13.9. The van der Waals surface area contributed by atoms with Gasteiger partial charge in [0.25, 0.3) is 0 Å². The van der Waals surface area contributed by atoms with Crippen LogP contribution in [0.3, 0.4) is 0 Å². The molecule has 43 heavy (non-hydrogen) atoms. The molecular weight excluding hydrogens is 546 g/mol. The van der Waals surface area contributed by atoms with Crippen LogP contribution in [0, 0.1) is 5.92 Å². The molecule has 0 aliphatic heterocycles. The van der Waals surface area contributed by atoms with Crippen molar-refractivity contribution in [2.24, 2.45) is 28.9 Å². The molecule has 2 amide bonds. The van der Waals surface area contributed by atoms with Gasteiger partial charge < -0.3 is 28.0 Å². The Balaban J connectivity index is 5.59. The summed E-state index contributed by atoms with van der Waals surface area (Å²) in [6.07, 6.45) is 16.5. The molecule has 0 heterocycles. The van der Waals surface area contributed by atoms with E-state index in [2.05, 4.69) is 6.92 Å². The molecule has 0 radical (unpaired) electrons. The van der Waals surface area contributed by atoms with Gasteiger partial charge in [-0.2, -0.15) is 0 Å². The number of amides is 2. The number of imide groups is 1. The lowest BCUT2D eigenvalue weighted by molar-refractivity contribution is -0.173. The zero-order valence-corrected chi connectivity index (χ0v) is 27.6. The fourth-order valence-corrected chi connectivity index (χ4v) is 5.45. The van der Waals surface area contributed by atoms with Crippen LogP contribution in [-0.4, -0.2) is 64.3 Å². The lowest BCUT2D eigenvalue weighted by atomic mass is 9.81. The highest BCUT2D eigenvalue weighted by atomic mass is 16.4. The number of hydrogen-bond acceptors (Lipinski definition) is 8. The first-order chi connectivity index (χ1) is 20.5. The van der Waals surface area contributed by atoms with E-state index in [1.807, 2.05) is 0 Å². The molecule has 3 atom stereocenters. The van der Waals surface area contributed by atoms with E-state index in [1.165, 1.54) is 51.4 Å². The van der Waals surface area contributed by atoms with E-state index in [1.54, 1.807) is 13.8 Å². The van der Waals surface area contributed by atoms with Crippen LogP contribution < -0.4 is 22.9 Å². The van der Waals surface area contributed by atoms with E-state index in [-0.39, 0.29) is 38.1 Å². The van der Waals surface area contributed by atoms with Gasteiger partial charge in [-0.15, -0.1) is 0 Å². The van der Waals surface area contributed by atoms with Gasteiger partial charge in [0.1, 0.15) is 0 Å². The molecular formula is C33H65N5O5. The Morgan fingerprint density at radius 1 is 0.674 bits per heavy atom. The van der Waals surface area contributed by atoms with Crippen molar-refractivity contribution in [3.05, 3.63) is 0 Å². The van der Waals surface area contributed by atoms with Crippen molar-refractivity contribution in [1.82, 2.24) is 4.90 Å². The first kappa shape index (κ1) is 41.1. The molecule has 0 aromatic carbocycles. The smallest absolute Gasteiger partial charge is 0.337 e. The monoisotopic (exact) mass is 611 g/mol. The van der Waals surface area contributed by atoms with E-state index >= 15 is 0 Å². The topological polar surface area (TPSA) is 196 Å². The van der Waals surface area contributed by atoms with Crippen LogP contribution in [0.15, 0.2) is 0 Å². The Morgan fingerprint density at radius 3 is 1.58 bits per heavy atom. The largest absolute Gasteiger partial charge is 0.479 e. The first-order valence-corrected chi connectivity index (χ1v) is 17.1. The number of ketones is 1. The molecule has 10 nitrogen and oxygen atoms in total. The molecule has 252 valence electrons. The van der Waals surface area contributed by atoms with E-state index in [9.17, 15) is 24.3 Å². The number of nitrogens with two attached hydrogens (primary N) is 4. The summed E-state index contributed by atoms with van der Waals surface area (Å²) in [5.41, 5.74) is 21.2. The summed E-state index contributed by atoms with van der Waals surface area (Å²) in [4.78, 5) is 54.9. The van der Waals surface area contributed by atoms with Crippen LogP contribution in [0.2, 0.25) is 0 Å². The number of Topliss-reactive ketones (excluding diaryl/α,β-unsaturated/α-hetero) is 1. The second-order valence-electron chi connectivity index (χ2n) is 12.5. The minimum Gasteiger partial charge on any atom is -0.479 e. The van der Waals surface area contributed by atoms with Crippen molar-refractivity contribution >= 4 is 23.6 Å². The van der Waals surface area contributed by atoms with E-state index < -0.39 is 41.2 Å². The zero-order chi connectivity index (χ0) is 32.7. The molecule has 0 aromatic heterocycles. The van der Waals surface area contributed by atoms with Gasteiger partial charge in [-0.25, -0.2) is 4.79 Å². The van der Waals surface area contributed by atoms with Gasteiger partial charge >= 0.3 is 5.97 Å². The fraction of sp³-hybridized carbons (Fsp3) is 0.879. The van der Waals surface area contributed by atoms with Crippen molar-refractivity contribution in [2.75, 3.05) is 13.1 Å². The third-order valence-corrected chi connectivity index (χ3v) is 8.43. The van der Waals surface area contributed by atoms with Crippen LogP contribution in [0.25, 0.3) is 0 Å². The van der Waals surface area contributed by atoms with Gasteiger partial charge in [-0.05, 0) is 57.5 Å². The van der Waals surface area contributed by atoms with Gasteiger partial charge in [0.05, 0.1) is 12.1 Å². The summed E-state index contributed by atoms with van der Waals surface area (Å²) in [6, 6.07) is -2.33. The minimum absolute atomic E-state index is 0.0525. The molecule has 3 unspecified atom stereocenters.